The molecule has 4 aromatic rings. The Kier molecular flexibility index (Phi) is 6.73. The molecule has 5 rings (SSSR count). The molecule has 1 aliphatic heterocycles. The summed E-state index contributed by atoms with van der Waals surface area (Å²) in [6.45, 7) is 4.37. The first-order valence-electron chi connectivity index (χ1n) is 11.9. The zero-order valence-corrected chi connectivity index (χ0v) is 20.6. The highest BCUT2D eigenvalue weighted by molar-refractivity contribution is 5.89. The lowest BCUT2D eigenvalue weighted by Crippen LogP contribution is -2.57. The van der Waals surface area contributed by atoms with Gasteiger partial charge in [0.2, 0.25) is 5.95 Å². The molecule has 9 heteroatoms. The molecule has 2 aromatic heterocycles. The maximum Gasteiger partial charge on any atom is 0.222 e. The van der Waals surface area contributed by atoms with Crippen LogP contribution in [0, 0.1) is 0 Å². The van der Waals surface area contributed by atoms with E-state index in [1.54, 1.807) is 14.2 Å². The second-order valence-corrected chi connectivity index (χ2v) is 8.64. The number of nitrogens with two attached hydrogens (primary N) is 1. The van der Waals surface area contributed by atoms with E-state index in [4.69, 9.17) is 24.9 Å². The summed E-state index contributed by atoms with van der Waals surface area (Å²) in [5, 5.41) is 3.48. The van der Waals surface area contributed by atoms with Crippen molar-refractivity contribution in [3.05, 3.63) is 60.7 Å². The number of piperazine rings is 1. The van der Waals surface area contributed by atoms with Crippen LogP contribution >= 0.6 is 0 Å². The molecule has 3 N–H and O–H groups in total. The maximum atomic E-state index is 6.29. The monoisotopic (exact) mass is 486 g/mol. The number of fused-ring (bicyclic) bond motifs is 1. The van der Waals surface area contributed by atoms with Gasteiger partial charge in [0.25, 0.3) is 0 Å². The minimum absolute atomic E-state index is 0.0167. The summed E-state index contributed by atoms with van der Waals surface area (Å²) >= 11 is 0. The lowest BCUT2D eigenvalue weighted by atomic mass is 10.1. The molecule has 0 amide bonds. The number of anilines is 2. The fourth-order valence-electron chi connectivity index (χ4n) is 4.57. The Morgan fingerprint density at radius 1 is 0.972 bits per heavy atom. The van der Waals surface area contributed by atoms with Crippen LogP contribution in [0.15, 0.2) is 60.7 Å². The Morgan fingerprint density at radius 3 is 2.56 bits per heavy atom. The van der Waals surface area contributed by atoms with Gasteiger partial charge in [0.1, 0.15) is 17.4 Å². The Hall–Kier alpha value is -4.11. The quantitative estimate of drug-likeness (QED) is 0.405. The number of pyridine rings is 1. The van der Waals surface area contributed by atoms with Gasteiger partial charge in [0, 0.05) is 25.2 Å². The van der Waals surface area contributed by atoms with E-state index < -0.39 is 0 Å². The number of methoxy groups -OCH3 is 2. The largest absolute Gasteiger partial charge is 0.493 e. The molecule has 0 saturated carbocycles. The first kappa shape index (κ1) is 23.6. The molecule has 2 unspecified atom stereocenters. The van der Waals surface area contributed by atoms with Crippen molar-refractivity contribution in [3.63, 3.8) is 0 Å². The summed E-state index contributed by atoms with van der Waals surface area (Å²) in [5.74, 6) is 3.05. The van der Waals surface area contributed by atoms with Crippen molar-refractivity contribution >= 4 is 22.8 Å². The molecule has 9 nitrogen and oxygen atoms in total. The number of para-hydroxylation sites is 1. The number of hydrogen-bond acceptors (Lipinski definition) is 9. The lowest BCUT2D eigenvalue weighted by molar-refractivity contribution is 0.175. The number of ether oxygens (including phenoxy) is 3. The van der Waals surface area contributed by atoms with Gasteiger partial charge in [-0.15, -0.1) is 0 Å². The van der Waals surface area contributed by atoms with Crippen LogP contribution in [0.5, 0.6) is 17.2 Å². The molecule has 0 radical (unpaired) electrons. The Bertz CT molecular complexity index is 1350. The molecule has 0 aliphatic carbocycles. The van der Waals surface area contributed by atoms with Gasteiger partial charge in [-0.2, -0.15) is 4.98 Å². The van der Waals surface area contributed by atoms with Gasteiger partial charge in [-0.05, 0) is 49.4 Å². The van der Waals surface area contributed by atoms with Crippen molar-refractivity contribution in [1.29, 1.82) is 0 Å². The molecular weight excluding hydrogens is 456 g/mol. The normalized spacial score (nSPS) is 16.5. The minimum Gasteiger partial charge on any atom is -0.493 e. The summed E-state index contributed by atoms with van der Waals surface area (Å²) in [4.78, 5) is 16.3. The van der Waals surface area contributed by atoms with Crippen LogP contribution in [0.4, 0.5) is 11.8 Å². The fraction of sp³-hybridized carbons (Fsp3) is 0.296. The molecule has 186 valence electrons. The van der Waals surface area contributed by atoms with E-state index >= 15 is 0 Å². The number of nitrogens with zero attached hydrogens (tertiary/aromatic N) is 4. The summed E-state index contributed by atoms with van der Waals surface area (Å²) in [5.41, 5.74) is 9.20. The van der Waals surface area contributed by atoms with E-state index in [0.717, 1.165) is 36.6 Å². The minimum atomic E-state index is -0.111. The predicted octanol–water partition coefficient (Wildman–Crippen LogP) is 3.54. The smallest absolute Gasteiger partial charge is 0.222 e. The molecule has 1 saturated heterocycles. The molecule has 1 aliphatic rings. The molecule has 1 fully saturated rings. The van der Waals surface area contributed by atoms with Gasteiger partial charge in [0.15, 0.2) is 17.3 Å². The van der Waals surface area contributed by atoms with Crippen molar-refractivity contribution in [2.75, 3.05) is 44.5 Å². The van der Waals surface area contributed by atoms with Crippen molar-refractivity contribution in [2.45, 2.75) is 19.1 Å². The van der Waals surface area contributed by atoms with Crippen molar-refractivity contribution < 1.29 is 14.2 Å². The third-order valence-corrected chi connectivity index (χ3v) is 6.38. The molecule has 3 heterocycles. The van der Waals surface area contributed by atoms with E-state index in [9.17, 15) is 0 Å². The van der Waals surface area contributed by atoms with Crippen LogP contribution < -0.4 is 30.2 Å². The first-order valence-corrected chi connectivity index (χ1v) is 11.9. The van der Waals surface area contributed by atoms with Gasteiger partial charge in [0.05, 0.1) is 31.5 Å². The maximum absolute atomic E-state index is 6.29. The average Bonchev–Trinajstić information content (AvgIpc) is 2.92. The SMILES string of the molecule is COc1ccc(-c2ccc3nc(N)nc(N4CCNCC4C(C)Oc4ccccc4)c3n2)cc1OC. The number of nitrogens with one attached hydrogen (secondary N) is 1. The fourth-order valence-corrected chi connectivity index (χ4v) is 4.57. The van der Waals surface area contributed by atoms with Crippen molar-refractivity contribution in [1.82, 2.24) is 20.3 Å². The van der Waals surface area contributed by atoms with Crippen LogP contribution in [0.1, 0.15) is 6.92 Å². The van der Waals surface area contributed by atoms with Crippen LogP contribution in [0.2, 0.25) is 0 Å². The summed E-state index contributed by atoms with van der Waals surface area (Å²) < 4.78 is 17.2. The van der Waals surface area contributed by atoms with Gasteiger partial charge in [-0.3, -0.25) is 0 Å². The number of aromatic nitrogens is 3. The summed E-state index contributed by atoms with van der Waals surface area (Å²) in [6, 6.07) is 19.5. The second kappa shape index (κ2) is 10.2. The van der Waals surface area contributed by atoms with E-state index in [1.165, 1.54) is 0 Å². The van der Waals surface area contributed by atoms with E-state index in [-0.39, 0.29) is 18.1 Å². The van der Waals surface area contributed by atoms with Crippen LogP contribution in [0.3, 0.4) is 0 Å². The van der Waals surface area contributed by atoms with Gasteiger partial charge >= 0.3 is 0 Å². The van der Waals surface area contributed by atoms with Crippen molar-refractivity contribution in [3.8, 4) is 28.5 Å². The zero-order chi connectivity index (χ0) is 25.1. The van der Waals surface area contributed by atoms with Crippen LogP contribution in [0.25, 0.3) is 22.3 Å². The number of nitrogen functional groups attached to an aromatic ring is 1. The number of hydrogen-bond donors (Lipinski definition) is 2. The number of benzene rings is 2. The zero-order valence-electron chi connectivity index (χ0n) is 20.6. The van der Waals surface area contributed by atoms with E-state index in [1.807, 2.05) is 60.7 Å². The van der Waals surface area contributed by atoms with Crippen LogP contribution in [-0.2, 0) is 0 Å². The standard InChI is InChI=1S/C27H30N6O3/c1-17(36-19-7-5-4-6-8-19)22-16-29-13-14-33(22)26-25-21(31-27(28)32-26)11-10-20(30-25)18-9-12-23(34-2)24(15-18)35-3/h4-12,15,17,22,29H,13-14,16H2,1-3H3,(H2,28,31,32). The summed E-state index contributed by atoms with van der Waals surface area (Å²) in [6.07, 6.45) is -0.111. The Balaban J connectivity index is 1.55. The van der Waals surface area contributed by atoms with Gasteiger partial charge < -0.3 is 30.2 Å². The summed E-state index contributed by atoms with van der Waals surface area (Å²) in [7, 11) is 3.24. The molecule has 36 heavy (non-hydrogen) atoms. The lowest BCUT2D eigenvalue weighted by Gasteiger charge is -2.40. The Labute approximate surface area is 210 Å². The highest BCUT2D eigenvalue weighted by Gasteiger charge is 2.31. The van der Waals surface area contributed by atoms with Crippen LogP contribution in [-0.4, -0.2) is 61.0 Å². The van der Waals surface area contributed by atoms with E-state index in [0.29, 0.717) is 28.4 Å². The first-order chi connectivity index (χ1) is 17.6. The highest BCUT2D eigenvalue weighted by atomic mass is 16.5. The molecule has 2 atom stereocenters. The molecular formula is C27H30N6O3. The van der Waals surface area contributed by atoms with E-state index in [2.05, 4.69) is 27.1 Å². The second-order valence-electron chi connectivity index (χ2n) is 8.64. The molecule has 2 aromatic carbocycles. The predicted molar refractivity (Wildman–Crippen MR) is 141 cm³/mol. The Morgan fingerprint density at radius 2 is 1.78 bits per heavy atom. The van der Waals surface area contributed by atoms with Crippen molar-refractivity contribution in [2.24, 2.45) is 0 Å². The van der Waals surface area contributed by atoms with Gasteiger partial charge in [-0.1, -0.05) is 18.2 Å². The number of rotatable bonds is 7. The topological polar surface area (TPSA) is 108 Å². The average molecular weight is 487 g/mol. The molecule has 0 bridgehead atoms. The highest BCUT2D eigenvalue weighted by Crippen LogP contribution is 2.34. The third kappa shape index (κ3) is 4.70. The third-order valence-electron chi connectivity index (χ3n) is 6.38. The van der Waals surface area contributed by atoms with Gasteiger partial charge in [-0.25, -0.2) is 9.97 Å². The molecule has 0 spiro atoms.